The van der Waals surface area contributed by atoms with Crippen LogP contribution in [0, 0.1) is 0 Å². The molecule has 2 heterocycles. The number of carbonyl (C=O) groups is 2. The summed E-state index contributed by atoms with van der Waals surface area (Å²) in [6, 6.07) is 16.7. The molecule has 1 aliphatic heterocycles. The number of carbonyl (C=O) groups excluding carboxylic acids is 2. The van der Waals surface area contributed by atoms with Crippen LogP contribution in [-0.2, 0) is 4.79 Å². The average molecular weight is 390 g/mol. The Morgan fingerprint density at radius 2 is 1.76 bits per heavy atom. The van der Waals surface area contributed by atoms with Crippen LogP contribution < -0.4 is 10.1 Å². The Balaban J connectivity index is 1.28. The number of nitrogens with one attached hydrogen (secondary N) is 1. The molecule has 7 heteroatoms. The van der Waals surface area contributed by atoms with Gasteiger partial charge in [0.25, 0.3) is 5.91 Å². The van der Waals surface area contributed by atoms with Crippen molar-refractivity contribution in [2.75, 3.05) is 19.6 Å². The summed E-state index contributed by atoms with van der Waals surface area (Å²) in [5.41, 5.74) is 0.545. The van der Waals surface area contributed by atoms with Crippen LogP contribution in [0.5, 0.6) is 5.88 Å². The fourth-order valence-corrected chi connectivity index (χ4v) is 3.43. The van der Waals surface area contributed by atoms with E-state index in [0.29, 0.717) is 37.4 Å². The summed E-state index contributed by atoms with van der Waals surface area (Å²) in [6.07, 6.45) is 3.12. The quantitative estimate of drug-likeness (QED) is 0.723. The van der Waals surface area contributed by atoms with Crippen molar-refractivity contribution >= 4 is 22.6 Å². The number of rotatable bonds is 5. The number of benzene rings is 2. The fourth-order valence-electron chi connectivity index (χ4n) is 3.43. The second-order valence-electron chi connectivity index (χ2n) is 6.98. The zero-order valence-corrected chi connectivity index (χ0v) is 16.0. The number of nitrogens with zero attached hydrogens (tertiary/aromatic N) is 3. The van der Waals surface area contributed by atoms with Crippen LogP contribution in [0.3, 0.4) is 0 Å². The third kappa shape index (κ3) is 4.51. The van der Waals surface area contributed by atoms with Gasteiger partial charge in [0.15, 0.2) is 0 Å². The summed E-state index contributed by atoms with van der Waals surface area (Å²) < 4.78 is 6.07. The zero-order chi connectivity index (χ0) is 20.1. The Morgan fingerprint density at radius 3 is 2.55 bits per heavy atom. The third-order valence-electron chi connectivity index (χ3n) is 5.05. The molecule has 1 N–H and O–H groups in total. The predicted molar refractivity (Wildman–Crippen MR) is 109 cm³/mol. The van der Waals surface area contributed by atoms with Crippen LogP contribution in [0.4, 0.5) is 0 Å². The van der Waals surface area contributed by atoms with E-state index in [-0.39, 0.29) is 24.5 Å². The van der Waals surface area contributed by atoms with E-state index in [9.17, 15) is 9.59 Å². The molecule has 2 amide bonds. The lowest BCUT2D eigenvalue weighted by Gasteiger charge is -2.32. The first-order valence-electron chi connectivity index (χ1n) is 9.69. The highest BCUT2D eigenvalue weighted by molar-refractivity contribution is 5.96. The van der Waals surface area contributed by atoms with Crippen LogP contribution in [0.1, 0.15) is 23.2 Å². The van der Waals surface area contributed by atoms with Gasteiger partial charge in [-0.05, 0) is 18.2 Å². The van der Waals surface area contributed by atoms with Crippen LogP contribution in [0.2, 0.25) is 0 Å². The summed E-state index contributed by atoms with van der Waals surface area (Å²) >= 11 is 0. The molecule has 4 rings (SSSR count). The zero-order valence-electron chi connectivity index (χ0n) is 16.0. The van der Waals surface area contributed by atoms with E-state index in [1.807, 2.05) is 30.3 Å². The monoisotopic (exact) mass is 390 g/mol. The smallest absolute Gasteiger partial charge is 0.251 e. The normalized spacial score (nSPS) is 14.6. The summed E-state index contributed by atoms with van der Waals surface area (Å²) in [5, 5.41) is 12.7. The Morgan fingerprint density at radius 1 is 1.03 bits per heavy atom. The van der Waals surface area contributed by atoms with Crippen molar-refractivity contribution in [1.82, 2.24) is 20.4 Å². The second kappa shape index (κ2) is 8.68. The molecule has 0 aliphatic carbocycles. The SMILES string of the molecule is O=C(NCC(=O)N1CCC(Oc2nncc3ccccc23)CC1)c1ccccc1. The van der Waals surface area contributed by atoms with Crippen molar-refractivity contribution in [2.45, 2.75) is 18.9 Å². The van der Waals surface area contributed by atoms with Crippen LogP contribution in [-0.4, -0.2) is 52.6 Å². The van der Waals surface area contributed by atoms with Crippen molar-refractivity contribution in [3.63, 3.8) is 0 Å². The number of fused-ring (bicyclic) bond motifs is 1. The first kappa shape index (κ1) is 18.9. The Labute approximate surface area is 168 Å². The number of ether oxygens (including phenoxy) is 1. The summed E-state index contributed by atoms with van der Waals surface area (Å²) in [7, 11) is 0. The molecule has 1 saturated heterocycles. The van der Waals surface area contributed by atoms with E-state index in [0.717, 1.165) is 10.8 Å². The van der Waals surface area contributed by atoms with Gasteiger partial charge in [0.05, 0.1) is 12.7 Å². The molecule has 1 fully saturated rings. The number of amides is 2. The van der Waals surface area contributed by atoms with Crippen molar-refractivity contribution in [2.24, 2.45) is 0 Å². The highest BCUT2D eigenvalue weighted by atomic mass is 16.5. The van der Waals surface area contributed by atoms with Gasteiger partial charge in [0.2, 0.25) is 11.8 Å². The number of piperidine rings is 1. The molecule has 0 unspecified atom stereocenters. The molecule has 0 atom stereocenters. The molecule has 0 spiro atoms. The van der Waals surface area contributed by atoms with E-state index >= 15 is 0 Å². The molecular weight excluding hydrogens is 368 g/mol. The van der Waals surface area contributed by atoms with Gasteiger partial charge in [-0.2, -0.15) is 5.10 Å². The van der Waals surface area contributed by atoms with Gasteiger partial charge in [0.1, 0.15) is 6.10 Å². The van der Waals surface area contributed by atoms with E-state index in [4.69, 9.17) is 4.74 Å². The molecule has 148 valence electrons. The molecule has 0 saturated carbocycles. The van der Waals surface area contributed by atoms with Crippen molar-refractivity contribution < 1.29 is 14.3 Å². The third-order valence-corrected chi connectivity index (χ3v) is 5.05. The minimum Gasteiger partial charge on any atom is -0.473 e. The summed E-state index contributed by atoms with van der Waals surface area (Å²) in [6.45, 7) is 1.17. The summed E-state index contributed by atoms with van der Waals surface area (Å²) in [5.74, 6) is 0.201. The van der Waals surface area contributed by atoms with E-state index < -0.39 is 0 Å². The predicted octanol–water partition coefficient (Wildman–Crippen LogP) is 2.43. The number of likely N-dealkylation sites (tertiary alicyclic amines) is 1. The van der Waals surface area contributed by atoms with E-state index in [1.165, 1.54) is 0 Å². The van der Waals surface area contributed by atoms with Crippen LogP contribution in [0.25, 0.3) is 10.8 Å². The van der Waals surface area contributed by atoms with Crippen LogP contribution in [0.15, 0.2) is 60.8 Å². The average Bonchev–Trinajstić information content (AvgIpc) is 2.78. The Hall–Kier alpha value is -3.48. The van der Waals surface area contributed by atoms with E-state index in [2.05, 4.69) is 15.5 Å². The molecule has 0 radical (unpaired) electrons. The maximum absolute atomic E-state index is 12.4. The number of hydrogen-bond acceptors (Lipinski definition) is 5. The van der Waals surface area contributed by atoms with Crippen molar-refractivity contribution in [1.29, 1.82) is 0 Å². The Kier molecular flexibility index (Phi) is 5.65. The molecule has 1 aromatic heterocycles. The van der Waals surface area contributed by atoms with E-state index in [1.54, 1.807) is 35.4 Å². The van der Waals surface area contributed by atoms with Gasteiger partial charge < -0.3 is 15.0 Å². The Bertz CT molecular complexity index is 996. The molecule has 2 aromatic carbocycles. The lowest BCUT2D eigenvalue weighted by molar-refractivity contribution is -0.131. The summed E-state index contributed by atoms with van der Waals surface area (Å²) in [4.78, 5) is 26.3. The highest BCUT2D eigenvalue weighted by Gasteiger charge is 2.25. The molecule has 29 heavy (non-hydrogen) atoms. The maximum Gasteiger partial charge on any atom is 0.251 e. The molecular formula is C22H22N4O3. The fraction of sp³-hybridized carbons (Fsp3) is 0.273. The second-order valence-corrected chi connectivity index (χ2v) is 6.98. The van der Waals surface area contributed by atoms with Crippen molar-refractivity contribution in [3.05, 3.63) is 66.4 Å². The minimum absolute atomic E-state index is 0.00590. The lowest BCUT2D eigenvalue weighted by atomic mass is 10.1. The largest absolute Gasteiger partial charge is 0.473 e. The van der Waals surface area contributed by atoms with Gasteiger partial charge in [-0.25, -0.2) is 0 Å². The number of aromatic nitrogens is 2. The number of hydrogen-bond donors (Lipinski definition) is 1. The van der Waals surface area contributed by atoms with Crippen LogP contribution >= 0.6 is 0 Å². The van der Waals surface area contributed by atoms with Gasteiger partial charge in [-0.1, -0.05) is 36.4 Å². The van der Waals surface area contributed by atoms with Gasteiger partial charge in [-0.15, -0.1) is 5.10 Å². The van der Waals surface area contributed by atoms with Gasteiger partial charge in [-0.3, -0.25) is 9.59 Å². The standard InChI is InChI=1S/C22H22N4O3/c27-20(15-23-21(28)16-6-2-1-3-7-16)26-12-10-18(11-13-26)29-22-19-9-5-4-8-17(19)14-24-25-22/h1-9,14,18H,10-13,15H2,(H,23,28). The minimum atomic E-state index is -0.244. The van der Waals surface area contributed by atoms with Gasteiger partial charge in [0, 0.05) is 42.3 Å². The topological polar surface area (TPSA) is 84.4 Å². The molecule has 0 bridgehead atoms. The molecule has 3 aromatic rings. The highest BCUT2D eigenvalue weighted by Crippen LogP contribution is 2.24. The van der Waals surface area contributed by atoms with Gasteiger partial charge >= 0.3 is 0 Å². The van der Waals surface area contributed by atoms with Crippen molar-refractivity contribution in [3.8, 4) is 5.88 Å². The lowest BCUT2D eigenvalue weighted by Crippen LogP contribution is -2.46. The molecule has 1 aliphatic rings. The first-order chi connectivity index (χ1) is 14.2. The maximum atomic E-state index is 12.4. The first-order valence-corrected chi connectivity index (χ1v) is 9.69. The molecule has 7 nitrogen and oxygen atoms in total.